The molecule has 0 aromatic heterocycles. The van der Waals surface area contributed by atoms with Crippen molar-refractivity contribution in [1.29, 1.82) is 0 Å². The number of carbonyl (C=O) groups excluding carboxylic acids is 3. The zero-order valence-electron chi connectivity index (χ0n) is 39.1. The van der Waals surface area contributed by atoms with Crippen molar-refractivity contribution in [3.63, 3.8) is 0 Å². The fourth-order valence-corrected chi connectivity index (χ4v) is 6.30. The molecule has 0 aromatic rings. The third-order valence-electron chi connectivity index (χ3n) is 9.69. The van der Waals surface area contributed by atoms with Gasteiger partial charge >= 0.3 is 0 Å². The second-order valence-electron chi connectivity index (χ2n) is 16.0. The first-order valence-electron chi connectivity index (χ1n) is 23.9. The number of unbranched alkanes of at least 4 members (excludes halogenated alkanes) is 24. The van der Waals surface area contributed by atoms with Crippen molar-refractivity contribution in [2.45, 2.75) is 240 Å². The molecule has 8 nitrogen and oxygen atoms in total. The Morgan fingerprint density at radius 3 is 1.02 bits per heavy atom. The van der Waals surface area contributed by atoms with E-state index in [0.717, 1.165) is 38.9 Å². The molecule has 0 rings (SSSR count). The Morgan fingerprint density at radius 1 is 0.375 bits per heavy atom. The lowest BCUT2D eigenvalue weighted by Crippen LogP contribution is -2.29. The van der Waals surface area contributed by atoms with Gasteiger partial charge in [0.2, 0.25) is 0 Å². The monoisotopic (exact) mass is 801 g/mol. The number of hydrogen-bond donors (Lipinski definition) is 0. The van der Waals surface area contributed by atoms with Crippen LogP contribution in [0.4, 0.5) is 0 Å². The van der Waals surface area contributed by atoms with Crippen LogP contribution in [0.5, 0.6) is 0 Å². The van der Waals surface area contributed by atoms with Crippen molar-refractivity contribution in [2.75, 3.05) is 54.0 Å². The fraction of sp³-hybridized carbons (Fsp3) is 0.938. The van der Waals surface area contributed by atoms with Crippen LogP contribution in [0.2, 0.25) is 0 Å². The molecule has 0 aromatic carbocycles. The molecule has 0 heterocycles. The van der Waals surface area contributed by atoms with Crippen molar-refractivity contribution in [2.24, 2.45) is 0 Å². The first-order valence-corrected chi connectivity index (χ1v) is 23.9. The van der Waals surface area contributed by atoms with Gasteiger partial charge in [0.25, 0.3) is 19.4 Å². The lowest BCUT2D eigenvalue weighted by Gasteiger charge is -2.21. The molecule has 338 valence electrons. The van der Waals surface area contributed by atoms with Gasteiger partial charge in [-0.3, -0.25) is 19.3 Å². The summed E-state index contributed by atoms with van der Waals surface area (Å²) in [5.41, 5.74) is 0. The molecule has 0 spiro atoms. The van der Waals surface area contributed by atoms with Crippen molar-refractivity contribution < 1.29 is 28.6 Å². The first kappa shape index (κ1) is 61.0. The lowest BCUT2D eigenvalue weighted by atomic mass is 10.0. The molecule has 0 unspecified atom stereocenters. The summed E-state index contributed by atoms with van der Waals surface area (Å²) < 4.78 is 14.6. The van der Waals surface area contributed by atoms with Crippen LogP contribution in [0.15, 0.2) is 0 Å². The summed E-state index contributed by atoms with van der Waals surface area (Å²) in [6.07, 6.45) is 40.0. The molecule has 0 aliphatic carbocycles. The Labute approximate surface area is 350 Å². The van der Waals surface area contributed by atoms with Crippen LogP contribution in [0, 0.1) is 0 Å². The molecule has 0 N–H and O–H groups in total. The molecule has 0 atom stereocenters. The van der Waals surface area contributed by atoms with E-state index < -0.39 is 0 Å². The SMILES string of the molecule is CCCCCCCCC(CCCCCCCC)OC=O.CCCCCCCCN(CCCCCCCC)CCOC=O.CCCCCCCOC=O.CN(C)C. The number of rotatable bonds is 41. The van der Waals surface area contributed by atoms with E-state index in [2.05, 4.69) is 44.3 Å². The minimum Gasteiger partial charge on any atom is -0.468 e. The van der Waals surface area contributed by atoms with E-state index in [9.17, 15) is 14.4 Å². The Morgan fingerprint density at radius 2 is 0.679 bits per heavy atom. The second-order valence-corrected chi connectivity index (χ2v) is 16.0. The van der Waals surface area contributed by atoms with Crippen LogP contribution < -0.4 is 0 Å². The maximum atomic E-state index is 10.5. The molecule has 0 aliphatic heterocycles. The molecular weight excluding hydrogens is 701 g/mol. The Bertz CT molecular complexity index is 662. The third-order valence-corrected chi connectivity index (χ3v) is 9.69. The predicted octanol–water partition coefficient (Wildman–Crippen LogP) is 13.5. The van der Waals surface area contributed by atoms with Crippen LogP contribution >= 0.6 is 0 Å². The van der Waals surface area contributed by atoms with Crippen LogP contribution in [-0.4, -0.2) is 89.3 Å². The first-order chi connectivity index (χ1) is 27.3. The predicted molar refractivity (Wildman–Crippen MR) is 243 cm³/mol. The van der Waals surface area contributed by atoms with Crippen LogP contribution in [0.25, 0.3) is 0 Å². The van der Waals surface area contributed by atoms with Gasteiger partial charge in [-0.05, 0) is 79.2 Å². The molecule has 0 bridgehead atoms. The van der Waals surface area contributed by atoms with Crippen LogP contribution in [-0.2, 0) is 28.6 Å². The highest BCUT2D eigenvalue weighted by Gasteiger charge is 2.09. The zero-order chi connectivity index (χ0) is 42.4. The molecule has 0 aliphatic rings. The molecular formula is C48H100N2O6. The highest BCUT2D eigenvalue weighted by atomic mass is 16.5. The van der Waals surface area contributed by atoms with Crippen LogP contribution in [0.3, 0.4) is 0 Å². The van der Waals surface area contributed by atoms with Gasteiger partial charge in [-0.15, -0.1) is 0 Å². The summed E-state index contributed by atoms with van der Waals surface area (Å²) in [6.45, 7) is 17.2. The van der Waals surface area contributed by atoms with Gasteiger partial charge in [0.05, 0.1) is 6.61 Å². The van der Waals surface area contributed by atoms with E-state index >= 15 is 0 Å². The molecule has 0 amide bonds. The number of nitrogens with zero attached hydrogens (tertiary/aromatic N) is 2. The average Bonchev–Trinajstić information content (AvgIpc) is 3.18. The zero-order valence-corrected chi connectivity index (χ0v) is 39.1. The maximum absolute atomic E-state index is 10.5. The van der Waals surface area contributed by atoms with Gasteiger partial charge in [-0.1, -0.05) is 189 Å². The topological polar surface area (TPSA) is 85.4 Å². The molecule has 0 saturated heterocycles. The lowest BCUT2D eigenvalue weighted by molar-refractivity contribution is -0.134. The van der Waals surface area contributed by atoms with Crippen molar-refractivity contribution in [3.05, 3.63) is 0 Å². The van der Waals surface area contributed by atoms with Gasteiger partial charge in [0, 0.05) is 6.54 Å². The smallest absolute Gasteiger partial charge is 0.293 e. The summed E-state index contributed by atoms with van der Waals surface area (Å²) >= 11 is 0. The molecule has 0 radical (unpaired) electrons. The summed E-state index contributed by atoms with van der Waals surface area (Å²) in [6, 6.07) is 0. The summed E-state index contributed by atoms with van der Waals surface area (Å²) in [7, 11) is 6.00. The highest BCUT2D eigenvalue weighted by Crippen LogP contribution is 2.16. The van der Waals surface area contributed by atoms with E-state index in [1.54, 1.807) is 0 Å². The Hall–Kier alpha value is -1.67. The maximum Gasteiger partial charge on any atom is 0.293 e. The summed E-state index contributed by atoms with van der Waals surface area (Å²) in [5, 5.41) is 0. The molecule has 8 heteroatoms. The largest absolute Gasteiger partial charge is 0.468 e. The second kappa shape index (κ2) is 60.0. The van der Waals surface area contributed by atoms with Gasteiger partial charge in [0.15, 0.2) is 0 Å². The number of hydrogen-bond acceptors (Lipinski definition) is 8. The summed E-state index contributed by atoms with van der Waals surface area (Å²) in [5.74, 6) is 0. The molecule has 0 saturated carbocycles. The van der Waals surface area contributed by atoms with Crippen molar-refractivity contribution in [3.8, 4) is 0 Å². The van der Waals surface area contributed by atoms with E-state index in [4.69, 9.17) is 9.47 Å². The fourth-order valence-electron chi connectivity index (χ4n) is 6.30. The van der Waals surface area contributed by atoms with E-state index in [-0.39, 0.29) is 6.10 Å². The van der Waals surface area contributed by atoms with Crippen LogP contribution in [0.1, 0.15) is 234 Å². The molecule has 56 heavy (non-hydrogen) atoms. The Balaban J connectivity index is -0.000000364. The van der Waals surface area contributed by atoms with Crippen molar-refractivity contribution >= 4 is 19.4 Å². The quantitative estimate of drug-likeness (QED) is 0.0343. The van der Waals surface area contributed by atoms with Gasteiger partial charge in [0.1, 0.15) is 12.7 Å². The van der Waals surface area contributed by atoms with Gasteiger partial charge < -0.3 is 19.1 Å². The third kappa shape index (κ3) is 67.1. The van der Waals surface area contributed by atoms with Crippen molar-refractivity contribution in [1.82, 2.24) is 9.80 Å². The van der Waals surface area contributed by atoms with E-state index in [1.807, 2.05) is 26.0 Å². The van der Waals surface area contributed by atoms with E-state index in [0.29, 0.717) is 32.6 Å². The standard InChI is InChI=1S/C19H39NO2.C18H36O2.C8H16O2.C3H9N/c1-3-5-7-9-11-13-15-20(17-18-22-19-21)16-14-12-10-8-6-4-2;1-3-5-7-9-11-13-15-18(20-17-19)16-14-12-10-8-6-4-2;1-2-3-4-5-6-7-10-8-9;1-4(2)3/h19H,3-18H2,1-2H3;17-18H,3-16H2,1-2H3;8H,2-7H2,1H3;1-3H3. The average molecular weight is 801 g/mol. The number of carbonyl (C=O) groups is 3. The minimum atomic E-state index is 0.171. The van der Waals surface area contributed by atoms with E-state index in [1.165, 1.54) is 180 Å². The highest BCUT2D eigenvalue weighted by molar-refractivity contribution is 5.37. The van der Waals surface area contributed by atoms with Gasteiger partial charge in [-0.25, -0.2) is 0 Å². The summed E-state index contributed by atoms with van der Waals surface area (Å²) in [4.78, 5) is 35.0. The van der Waals surface area contributed by atoms with Gasteiger partial charge in [-0.2, -0.15) is 0 Å². The minimum absolute atomic E-state index is 0.171. The Kier molecular flexibility index (Phi) is 65.4. The normalized spacial score (nSPS) is 10.6. The molecule has 0 fully saturated rings. The number of ether oxygens (including phenoxy) is 3.